The minimum atomic E-state index is -0.761. The average Bonchev–Trinajstić information content (AvgIpc) is 2.12. The van der Waals surface area contributed by atoms with E-state index in [1.165, 1.54) is 7.11 Å². The lowest BCUT2D eigenvalue weighted by Crippen LogP contribution is -2.10. The molecule has 4 nitrogen and oxygen atoms in total. The molecule has 15 heavy (non-hydrogen) atoms. The number of esters is 1. The molecule has 1 N–H and O–H groups in total. The summed E-state index contributed by atoms with van der Waals surface area (Å²) in [5.74, 6) is -0.441. The number of hydrogen-bond donors (Lipinski definition) is 1. The van der Waals surface area contributed by atoms with E-state index in [1.807, 2.05) is 13.8 Å². The smallest absolute Gasteiger partial charge is 0.305 e. The van der Waals surface area contributed by atoms with E-state index < -0.39 is 5.97 Å². The first-order valence-electron chi connectivity index (χ1n) is 5.24. The molecule has 0 spiro atoms. The van der Waals surface area contributed by atoms with Crippen LogP contribution in [0.3, 0.4) is 0 Å². The van der Waals surface area contributed by atoms with Crippen molar-refractivity contribution in [2.75, 3.05) is 7.11 Å². The Kier molecular flexibility index (Phi) is 6.75. The third kappa shape index (κ3) is 7.97. The Balaban J connectivity index is 3.68. The van der Waals surface area contributed by atoms with E-state index in [9.17, 15) is 9.59 Å². The Labute approximate surface area is 90.6 Å². The monoisotopic (exact) mass is 216 g/mol. The van der Waals surface area contributed by atoms with Crippen LogP contribution >= 0.6 is 0 Å². The van der Waals surface area contributed by atoms with Crippen LogP contribution in [0.5, 0.6) is 0 Å². The fraction of sp³-hybridized carbons (Fsp3) is 0.818. The predicted molar refractivity (Wildman–Crippen MR) is 56.4 cm³/mol. The van der Waals surface area contributed by atoms with Crippen LogP contribution < -0.4 is 0 Å². The highest BCUT2D eigenvalue weighted by atomic mass is 16.5. The molecule has 0 heterocycles. The Morgan fingerprint density at radius 2 is 1.87 bits per heavy atom. The number of carboxylic acids is 1. The first-order chi connectivity index (χ1) is 6.95. The van der Waals surface area contributed by atoms with Crippen LogP contribution in [-0.2, 0) is 14.3 Å². The molecule has 0 radical (unpaired) electrons. The minimum Gasteiger partial charge on any atom is -0.481 e. The van der Waals surface area contributed by atoms with E-state index >= 15 is 0 Å². The van der Waals surface area contributed by atoms with Gasteiger partial charge >= 0.3 is 11.9 Å². The summed E-state index contributed by atoms with van der Waals surface area (Å²) < 4.78 is 4.54. The van der Waals surface area contributed by atoms with Crippen molar-refractivity contribution in [3.63, 3.8) is 0 Å². The van der Waals surface area contributed by atoms with E-state index in [0.717, 1.165) is 12.8 Å². The van der Waals surface area contributed by atoms with E-state index in [-0.39, 0.29) is 18.3 Å². The molecule has 0 aliphatic carbocycles. The zero-order valence-corrected chi connectivity index (χ0v) is 9.66. The van der Waals surface area contributed by atoms with Gasteiger partial charge in [0.05, 0.1) is 7.11 Å². The molecule has 0 aromatic carbocycles. The van der Waals surface area contributed by atoms with Crippen LogP contribution in [0.15, 0.2) is 0 Å². The van der Waals surface area contributed by atoms with E-state index in [1.54, 1.807) is 0 Å². The third-order valence-electron chi connectivity index (χ3n) is 2.40. The maximum Gasteiger partial charge on any atom is 0.305 e. The molecule has 0 saturated heterocycles. The van der Waals surface area contributed by atoms with Crippen molar-refractivity contribution in [1.82, 2.24) is 0 Å². The molecule has 4 heteroatoms. The van der Waals surface area contributed by atoms with Gasteiger partial charge < -0.3 is 9.84 Å². The third-order valence-corrected chi connectivity index (χ3v) is 2.40. The fourth-order valence-electron chi connectivity index (χ4n) is 1.65. The molecule has 0 aliphatic heterocycles. The zero-order valence-electron chi connectivity index (χ0n) is 9.66. The highest BCUT2D eigenvalue weighted by Gasteiger charge is 2.13. The summed E-state index contributed by atoms with van der Waals surface area (Å²) in [6, 6.07) is 0. The number of ether oxygens (including phenoxy) is 1. The summed E-state index contributed by atoms with van der Waals surface area (Å²) in [5, 5.41) is 8.58. The second-order valence-corrected chi connectivity index (χ2v) is 4.16. The maximum atomic E-state index is 10.9. The topological polar surface area (TPSA) is 63.6 Å². The van der Waals surface area contributed by atoms with Crippen LogP contribution in [0, 0.1) is 11.8 Å². The molecule has 0 saturated carbocycles. The van der Waals surface area contributed by atoms with Gasteiger partial charge in [-0.05, 0) is 24.7 Å². The lowest BCUT2D eigenvalue weighted by atomic mass is 9.92. The number of hydrogen-bond acceptors (Lipinski definition) is 3. The number of carbonyl (C=O) groups excluding carboxylic acids is 1. The molecule has 0 aliphatic rings. The Bertz CT molecular complexity index is 213. The normalized spacial score (nSPS) is 14.3. The quantitative estimate of drug-likeness (QED) is 0.662. The molecular formula is C11H20O4. The SMILES string of the molecule is COC(=O)CCC(C)CC(C)CC(=O)O. The molecule has 0 aromatic heterocycles. The fourth-order valence-corrected chi connectivity index (χ4v) is 1.65. The molecule has 2 atom stereocenters. The van der Waals surface area contributed by atoms with Gasteiger partial charge in [0.1, 0.15) is 0 Å². The van der Waals surface area contributed by atoms with Crippen LogP contribution in [0.4, 0.5) is 0 Å². The van der Waals surface area contributed by atoms with Crippen LogP contribution in [0.1, 0.15) is 39.5 Å². The van der Waals surface area contributed by atoms with Gasteiger partial charge in [0.2, 0.25) is 0 Å². The predicted octanol–water partition coefficient (Wildman–Crippen LogP) is 2.08. The van der Waals surface area contributed by atoms with Gasteiger partial charge in [0.25, 0.3) is 0 Å². The number of methoxy groups -OCH3 is 1. The zero-order chi connectivity index (χ0) is 11.8. The summed E-state index contributed by atoms with van der Waals surface area (Å²) in [6.07, 6.45) is 2.21. The molecule has 2 unspecified atom stereocenters. The van der Waals surface area contributed by atoms with E-state index in [0.29, 0.717) is 12.3 Å². The molecule has 88 valence electrons. The summed E-state index contributed by atoms with van der Waals surface area (Å²) in [4.78, 5) is 21.3. The summed E-state index contributed by atoms with van der Waals surface area (Å²) >= 11 is 0. The van der Waals surface area contributed by atoms with E-state index in [2.05, 4.69) is 4.74 Å². The minimum absolute atomic E-state index is 0.162. The van der Waals surface area contributed by atoms with Crippen molar-refractivity contribution in [3.8, 4) is 0 Å². The maximum absolute atomic E-state index is 10.9. The van der Waals surface area contributed by atoms with Gasteiger partial charge in [-0.3, -0.25) is 9.59 Å². The first kappa shape index (κ1) is 13.9. The van der Waals surface area contributed by atoms with Crippen molar-refractivity contribution in [2.45, 2.75) is 39.5 Å². The van der Waals surface area contributed by atoms with E-state index in [4.69, 9.17) is 5.11 Å². The number of carboxylic acid groups (broad SMARTS) is 1. The van der Waals surface area contributed by atoms with Gasteiger partial charge in [-0.1, -0.05) is 13.8 Å². The van der Waals surface area contributed by atoms with Crippen molar-refractivity contribution in [1.29, 1.82) is 0 Å². The Morgan fingerprint density at radius 1 is 1.27 bits per heavy atom. The lowest BCUT2D eigenvalue weighted by Gasteiger charge is -2.14. The van der Waals surface area contributed by atoms with Crippen LogP contribution in [0.25, 0.3) is 0 Å². The number of aliphatic carboxylic acids is 1. The highest BCUT2D eigenvalue weighted by molar-refractivity contribution is 5.69. The van der Waals surface area contributed by atoms with Gasteiger partial charge in [0.15, 0.2) is 0 Å². The Morgan fingerprint density at radius 3 is 2.33 bits per heavy atom. The van der Waals surface area contributed by atoms with Gasteiger partial charge in [-0.25, -0.2) is 0 Å². The van der Waals surface area contributed by atoms with Crippen molar-refractivity contribution < 1.29 is 19.4 Å². The first-order valence-corrected chi connectivity index (χ1v) is 5.24. The van der Waals surface area contributed by atoms with Gasteiger partial charge in [-0.15, -0.1) is 0 Å². The summed E-state index contributed by atoms with van der Waals surface area (Å²) in [6.45, 7) is 3.95. The van der Waals surface area contributed by atoms with Crippen molar-refractivity contribution in [2.24, 2.45) is 11.8 Å². The van der Waals surface area contributed by atoms with Crippen molar-refractivity contribution >= 4 is 11.9 Å². The Hall–Kier alpha value is -1.06. The second kappa shape index (κ2) is 7.26. The second-order valence-electron chi connectivity index (χ2n) is 4.16. The largest absolute Gasteiger partial charge is 0.481 e. The number of carbonyl (C=O) groups is 2. The van der Waals surface area contributed by atoms with Crippen LogP contribution in [-0.4, -0.2) is 24.2 Å². The molecular weight excluding hydrogens is 196 g/mol. The summed E-state index contributed by atoms with van der Waals surface area (Å²) in [7, 11) is 1.38. The molecule has 0 fully saturated rings. The standard InChI is InChI=1S/C11H20O4/c1-8(4-5-11(14)15-3)6-9(2)7-10(12)13/h8-9H,4-7H2,1-3H3,(H,12,13). The molecule has 0 amide bonds. The van der Waals surface area contributed by atoms with Gasteiger partial charge in [0, 0.05) is 12.8 Å². The number of rotatable bonds is 7. The lowest BCUT2D eigenvalue weighted by molar-refractivity contribution is -0.141. The van der Waals surface area contributed by atoms with Crippen molar-refractivity contribution in [3.05, 3.63) is 0 Å². The molecule has 0 aromatic rings. The summed E-state index contributed by atoms with van der Waals surface area (Å²) in [5.41, 5.74) is 0. The molecule has 0 rings (SSSR count). The average molecular weight is 216 g/mol. The van der Waals surface area contributed by atoms with Gasteiger partial charge in [-0.2, -0.15) is 0 Å². The molecule has 0 bridgehead atoms. The van der Waals surface area contributed by atoms with Crippen LogP contribution in [0.2, 0.25) is 0 Å². The highest BCUT2D eigenvalue weighted by Crippen LogP contribution is 2.19.